The van der Waals surface area contributed by atoms with Crippen LogP contribution in [0, 0.1) is 5.82 Å². The fraction of sp³-hybridized carbons (Fsp3) is 0.111. The van der Waals surface area contributed by atoms with Crippen LogP contribution in [0.2, 0.25) is 5.02 Å². The number of carbonyl (C=O) groups excluding carboxylic acids is 1. The predicted molar refractivity (Wildman–Crippen MR) is 97.9 cm³/mol. The second kappa shape index (κ2) is 7.16. The molecule has 4 rings (SSSR count). The average molecular weight is 389 g/mol. The van der Waals surface area contributed by atoms with E-state index < -0.39 is 11.8 Å². The number of nitrogens with one attached hydrogen (secondary N) is 2. The van der Waals surface area contributed by atoms with Crippen LogP contribution in [-0.2, 0) is 6.54 Å². The summed E-state index contributed by atoms with van der Waals surface area (Å²) < 4.78 is 25.8. The van der Waals surface area contributed by atoms with Gasteiger partial charge in [0.1, 0.15) is 5.82 Å². The van der Waals surface area contributed by atoms with E-state index >= 15 is 0 Å². The van der Waals surface area contributed by atoms with E-state index in [4.69, 9.17) is 21.1 Å². The summed E-state index contributed by atoms with van der Waals surface area (Å²) in [5.41, 5.74) is 0.882. The lowest BCUT2D eigenvalue weighted by Crippen LogP contribution is -2.19. The van der Waals surface area contributed by atoms with E-state index in [-0.39, 0.29) is 13.3 Å². The number of halogens is 2. The van der Waals surface area contributed by atoms with Crippen LogP contribution in [0.1, 0.15) is 5.56 Å². The Hall–Kier alpha value is -3.26. The van der Waals surface area contributed by atoms with Crippen molar-refractivity contribution in [2.24, 2.45) is 0 Å². The van der Waals surface area contributed by atoms with Crippen molar-refractivity contribution in [3.05, 3.63) is 65.1 Å². The van der Waals surface area contributed by atoms with Crippen molar-refractivity contribution in [3.8, 4) is 11.5 Å². The SMILES string of the molecule is O=C(Nc1ccc2c(c1)OCO2)Nc1ccn(Cc2c(F)cccc2Cl)n1. The quantitative estimate of drug-likeness (QED) is 0.705. The summed E-state index contributed by atoms with van der Waals surface area (Å²) in [5.74, 6) is 1.11. The lowest BCUT2D eigenvalue weighted by Gasteiger charge is -2.07. The minimum Gasteiger partial charge on any atom is -0.454 e. The molecule has 2 N–H and O–H groups in total. The molecule has 3 aromatic rings. The number of rotatable bonds is 4. The summed E-state index contributed by atoms with van der Waals surface area (Å²) >= 11 is 6.02. The lowest BCUT2D eigenvalue weighted by molar-refractivity contribution is 0.174. The number of nitrogens with zero attached hydrogens (tertiary/aromatic N) is 2. The van der Waals surface area contributed by atoms with Crippen LogP contribution in [0.15, 0.2) is 48.7 Å². The number of ether oxygens (including phenoxy) is 2. The first-order chi connectivity index (χ1) is 13.1. The van der Waals surface area contributed by atoms with E-state index in [9.17, 15) is 9.18 Å². The highest BCUT2D eigenvalue weighted by molar-refractivity contribution is 6.31. The van der Waals surface area contributed by atoms with Crippen LogP contribution in [-0.4, -0.2) is 22.6 Å². The van der Waals surface area contributed by atoms with Gasteiger partial charge in [0.05, 0.1) is 6.54 Å². The van der Waals surface area contributed by atoms with Crippen molar-refractivity contribution in [1.82, 2.24) is 9.78 Å². The van der Waals surface area contributed by atoms with E-state index in [1.54, 1.807) is 36.5 Å². The topological polar surface area (TPSA) is 77.4 Å². The van der Waals surface area contributed by atoms with E-state index in [0.717, 1.165) is 0 Å². The van der Waals surface area contributed by atoms with Gasteiger partial charge in [-0.25, -0.2) is 9.18 Å². The first-order valence-electron chi connectivity index (χ1n) is 8.02. The number of benzene rings is 2. The van der Waals surface area contributed by atoms with Crippen LogP contribution >= 0.6 is 11.6 Å². The fourth-order valence-corrected chi connectivity index (χ4v) is 2.84. The predicted octanol–water partition coefficient (Wildman–Crippen LogP) is 4.10. The second-order valence-electron chi connectivity index (χ2n) is 5.75. The van der Waals surface area contributed by atoms with Crippen LogP contribution in [0.25, 0.3) is 0 Å². The number of aromatic nitrogens is 2. The Morgan fingerprint density at radius 3 is 2.89 bits per heavy atom. The number of amides is 2. The Kier molecular flexibility index (Phi) is 4.55. The molecule has 1 aromatic heterocycles. The summed E-state index contributed by atoms with van der Waals surface area (Å²) in [6, 6.07) is 10.7. The molecule has 0 saturated heterocycles. The van der Waals surface area contributed by atoms with Gasteiger partial charge in [-0.05, 0) is 24.3 Å². The Bertz CT molecular complexity index is 988. The first kappa shape index (κ1) is 17.2. The second-order valence-corrected chi connectivity index (χ2v) is 6.15. The van der Waals surface area contributed by atoms with Gasteiger partial charge in [0.2, 0.25) is 6.79 Å². The van der Waals surface area contributed by atoms with Crippen LogP contribution in [0.5, 0.6) is 11.5 Å². The molecule has 2 aromatic carbocycles. The van der Waals surface area contributed by atoms with Gasteiger partial charge in [-0.3, -0.25) is 10.00 Å². The van der Waals surface area contributed by atoms with Crippen molar-refractivity contribution in [2.45, 2.75) is 6.54 Å². The maximum atomic E-state index is 13.9. The number of hydrogen-bond donors (Lipinski definition) is 2. The van der Waals surface area contributed by atoms with Crippen LogP contribution in [0.3, 0.4) is 0 Å². The van der Waals surface area contributed by atoms with Crippen molar-refractivity contribution < 1.29 is 18.7 Å². The molecule has 2 heterocycles. The van der Waals surface area contributed by atoms with Gasteiger partial charge < -0.3 is 14.8 Å². The third-order valence-electron chi connectivity index (χ3n) is 3.89. The molecule has 2 amide bonds. The van der Waals surface area contributed by atoms with Crippen LogP contribution in [0.4, 0.5) is 20.7 Å². The molecular weight excluding hydrogens is 375 g/mol. The molecule has 0 saturated carbocycles. The van der Waals surface area contributed by atoms with E-state index in [0.29, 0.717) is 33.6 Å². The fourth-order valence-electron chi connectivity index (χ4n) is 2.61. The number of carbonyl (C=O) groups is 1. The summed E-state index contributed by atoms with van der Waals surface area (Å²) in [6.45, 7) is 0.311. The molecule has 1 aliphatic heterocycles. The van der Waals surface area contributed by atoms with Gasteiger partial charge in [-0.2, -0.15) is 5.10 Å². The largest absolute Gasteiger partial charge is 0.454 e. The molecule has 0 aliphatic carbocycles. The maximum absolute atomic E-state index is 13.9. The van der Waals surface area contributed by atoms with E-state index in [2.05, 4.69) is 15.7 Å². The van der Waals surface area contributed by atoms with Crippen molar-refractivity contribution >= 4 is 29.1 Å². The van der Waals surface area contributed by atoms with Gasteiger partial charge in [0, 0.05) is 34.6 Å². The summed E-state index contributed by atoms with van der Waals surface area (Å²) in [4.78, 5) is 12.1. The Balaban J connectivity index is 1.39. The zero-order chi connectivity index (χ0) is 18.8. The summed E-state index contributed by atoms with van der Waals surface area (Å²) in [7, 11) is 0. The number of anilines is 2. The summed E-state index contributed by atoms with van der Waals surface area (Å²) in [5, 5.41) is 9.82. The molecule has 0 radical (unpaired) electrons. The summed E-state index contributed by atoms with van der Waals surface area (Å²) in [6.07, 6.45) is 1.62. The number of hydrogen-bond acceptors (Lipinski definition) is 4. The Labute approximate surface area is 158 Å². The van der Waals surface area contributed by atoms with Crippen molar-refractivity contribution in [3.63, 3.8) is 0 Å². The lowest BCUT2D eigenvalue weighted by atomic mass is 10.2. The zero-order valence-corrected chi connectivity index (χ0v) is 14.7. The number of urea groups is 1. The molecule has 138 valence electrons. The zero-order valence-electron chi connectivity index (χ0n) is 13.9. The highest BCUT2D eigenvalue weighted by Gasteiger charge is 2.14. The maximum Gasteiger partial charge on any atom is 0.324 e. The molecule has 1 aliphatic rings. The normalized spacial score (nSPS) is 12.1. The molecule has 9 heteroatoms. The van der Waals surface area contributed by atoms with Gasteiger partial charge in [0.25, 0.3) is 0 Å². The van der Waals surface area contributed by atoms with Crippen molar-refractivity contribution in [2.75, 3.05) is 17.4 Å². The molecule has 7 nitrogen and oxygen atoms in total. The third kappa shape index (κ3) is 3.80. The molecule has 0 fully saturated rings. The molecule has 27 heavy (non-hydrogen) atoms. The molecule has 0 spiro atoms. The van der Waals surface area contributed by atoms with Gasteiger partial charge in [-0.15, -0.1) is 0 Å². The van der Waals surface area contributed by atoms with Gasteiger partial charge in [-0.1, -0.05) is 17.7 Å². The molecule has 0 unspecified atom stereocenters. The van der Waals surface area contributed by atoms with Crippen molar-refractivity contribution in [1.29, 1.82) is 0 Å². The number of fused-ring (bicyclic) bond motifs is 1. The van der Waals surface area contributed by atoms with Gasteiger partial charge >= 0.3 is 6.03 Å². The molecule has 0 atom stereocenters. The minimum atomic E-state index is -0.469. The monoisotopic (exact) mass is 388 g/mol. The Morgan fingerprint density at radius 2 is 2.04 bits per heavy atom. The van der Waals surface area contributed by atoms with Gasteiger partial charge in [0.15, 0.2) is 17.3 Å². The third-order valence-corrected chi connectivity index (χ3v) is 4.25. The standard InChI is InChI=1S/C18H14ClFN4O3/c19-13-2-1-3-14(20)12(13)9-24-7-6-17(23-24)22-18(25)21-11-4-5-15-16(8-11)27-10-26-15/h1-8H,9-10H2,(H2,21,22,23,25). The van der Waals surface area contributed by atoms with E-state index in [1.807, 2.05) is 0 Å². The molecular formula is C18H14ClFN4O3. The first-order valence-corrected chi connectivity index (χ1v) is 8.40. The van der Waals surface area contributed by atoms with Crippen LogP contribution < -0.4 is 20.1 Å². The highest BCUT2D eigenvalue weighted by atomic mass is 35.5. The highest BCUT2D eigenvalue weighted by Crippen LogP contribution is 2.34. The van der Waals surface area contributed by atoms with E-state index in [1.165, 1.54) is 16.8 Å². The molecule has 0 bridgehead atoms. The minimum absolute atomic E-state index is 0.150. The average Bonchev–Trinajstić information content (AvgIpc) is 3.27. The Morgan fingerprint density at radius 1 is 1.19 bits per heavy atom. The smallest absolute Gasteiger partial charge is 0.324 e.